The van der Waals surface area contributed by atoms with Gasteiger partial charge in [0.25, 0.3) is 21.8 Å². The number of anilines is 3. The molecular formula is C33H46N6O5S. The van der Waals surface area contributed by atoms with Gasteiger partial charge in [-0.25, -0.2) is 14.7 Å². The third kappa shape index (κ3) is 7.11. The molecule has 6 rings (SSSR count). The third-order valence-corrected chi connectivity index (χ3v) is 11.1. The predicted octanol–water partition coefficient (Wildman–Crippen LogP) is 4.89. The second kappa shape index (κ2) is 13.2. The van der Waals surface area contributed by atoms with Gasteiger partial charge in [0.05, 0.1) is 5.56 Å². The number of amides is 2. The predicted molar refractivity (Wildman–Crippen MR) is 173 cm³/mol. The molecule has 0 aromatic carbocycles. The standard InChI is InChI=1S/C33H46N6O5S/c1-33(2)21-24-11-8-18-34-27-12-7-13-29(35-27)45(42,43)37-31(40)25-14-15-28(36-30(25)39(33)22-24)38-19-16-26(32(38)41)44-20-17-23-9-5-3-4-6-10-23/h7,12-15,23-24,26H,3-6,8-11,16-22H2,1-2H3,(H,34,35)(H,37,40)/t24-,26?/m0/s1. The average molecular weight is 639 g/mol. The molecule has 244 valence electrons. The minimum Gasteiger partial charge on any atom is -0.370 e. The zero-order valence-corrected chi connectivity index (χ0v) is 27.3. The molecule has 2 saturated heterocycles. The van der Waals surface area contributed by atoms with Gasteiger partial charge >= 0.3 is 0 Å². The van der Waals surface area contributed by atoms with Crippen molar-refractivity contribution in [2.45, 2.75) is 101 Å². The van der Waals surface area contributed by atoms with E-state index in [-0.39, 0.29) is 22.0 Å². The third-order valence-electron chi connectivity index (χ3n) is 9.89. The van der Waals surface area contributed by atoms with Gasteiger partial charge in [0.15, 0.2) is 5.03 Å². The van der Waals surface area contributed by atoms with E-state index in [1.54, 1.807) is 29.2 Å². The van der Waals surface area contributed by atoms with Gasteiger partial charge in [-0.05, 0) is 75.6 Å². The van der Waals surface area contributed by atoms with E-state index in [0.717, 1.165) is 25.7 Å². The van der Waals surface area contributed by atoms with Crippen LogP contribution < -0.4 is 19.8 Å². The van der Waals surface area contributed by atoms with Gasteiger partial charge in [0.1, 0.15) is 23.6 Å². The maximum Gasteiger partial charge on any atom is 0.281 e. The van der Waals surface area contributed by atoms with E-state index >= 15 is 0 Å². The fourth-order valence-electron chi connectivity index (χ4n) is 7.49. The number of rotatable bonds is 5. The van der Waals surface area contributed by atoms with Crippen molar-refractivity contribution in [1.29, 1.82) is 0 Å². The van der Waals surface area contributed by atoms with Crippen molar-refractivity contribution in [2.24, 2.45) is 11.8 Å². The van der Waals surface area contributed by atoms with E-state index in [1.807, 2.05) is 0 Å². The molecule has 2 amide bonds. The van der Waals surface area contributed by atoms with Crippen LogP contribution in [0.25, 0.3) is 0 Å². The van der Waals surface area contributed by atoms with Crippen LogP contribution in [0.4, 0.5) is 17.5 Å². The first-order valence-corrected chi connectivity index (χ1v) is 18.1. The summed E-state index contributed by atoms with van der Waals surface area (Å²) in [6.45, 7) is 6.62. The van der Waals surface area contributed by atoms with Crippen LogP contribution in [0.15, 0.2) is 35.4 Å². The number of nitrogens with zero attached hydrogens (tertiary/aromatic N) is 4. The number of carbonyl (C=O) groups excluding carboxylic acids is 2. The number of hydrogen-bond acceptors (Lipinski definition) is 9. The molecule has 2 atom stereocenters. The Morgan fingerprint density at radius 2 is 1.78 bits per heavy atom. The summed E-state index contributed by atoms with van der Waals surface area (Å²) in [6, 6.07) is 7.90. The first-order chi connectivity index (χ1) is 21.6. The van der Waals surface area contributed by atoms with Gasteiger partial charge < -0.3 is 15.0 Å². The highest BCUT2D eigenvalue weighted by atomic mass is 32.2. The molecule has 2 N–H and O–H groups in total. The van der Waals surface area contributed by atoms with Gasteiger partial charge in [-0.15, -0.1) is 0 Å². The Morgan fingerprint density at radius 3 is 2.58 bits per heavy atom. The summed E-state index contributed by atoms with van der Waals surface area (Å²) in [5, 5.41) is 2.98. The summed E-state index contributed by atoms with van der Waals surface area (Å²) in [5.74, 6) is 1.40. The van der Waals surface area contributed by atoms with E-state index in [1.165, 1.54) is 44.6 Å². The van der Waals surface area contributed by atoms with Crippen molar-refractivity contribution in [3.8, 4) is 0 Å². The molecule has 1 aliphatic carbocycles. The van der Waals surface area contributed by atoms with Crippen molar-refractivity contribution in [3.63, 3.8) is 0 Å². The second-order valence-corrected chi connectivity index (χ2v) is 15.3. The molecule has 12 heteroatoms. The highest BCUT2D eigenvalue weighted by molar-refractivity contribution is 7.90. The van der Waals surface area contributed by atoms with Crippen molar-refractivity contribution in [2.75, 3.05) is 41.4 Å². The SMILES string of the molecule is CC1(C)C[C@@H]2CCCNc3cccc(n3)S(=O)(=O)NC(=O)c3ccc(N4CCC(OCCC5CCCCCC5)C4=O)nc3N1C2. The van der Waals surface area contributed by atoms with Crippen LogP contribution in [-0.2, 0) is 19.6 Å². The minimum absolute atomic E-state index is 0.121. The molecule has 45 heavy (non-hydrogen) atoms. The van der Waals surface area contributed by atoms with Gasteiger partial charge in [-0.2, -0.15) is 8.42 Å². The summed E-state index contributed by atoms with van der Waals surface area (Å²) in [6.07, 6.45) is 11.5. The normalized spacial score (nSPS) is 25.5. The second-order valence-electron chi connectivity index (χ2n) is 13.7. The molecule has 4 aliphatic rings. The number of aromatic nitrogens is 2. The molecule has 11 nitrogen and oxygen atoms in total. The molecule has 1 unspecified atom stereocenters. The molecule has 3 aliphatic heterocycles. The van der Waals surface area contributed by atoms with Gasteiger partial charge in [-0.1, -0.05) is 44.6 Å². The summed E-state index contributed by atoms with van der Waals surface area (Å²) in [4.78, 5) is 40.1. The van der Waals surface area contributed by atoms with Gasteiger partial charge in [0.2, 0.25) is 0 Å². The fraction of sp³-hybridized carbons (Fsp3) is 0.636. The summed E-state index contributed by atoms with van der Waals surface area (Å²) in [5.41, 5.74) is -0.192. The Morgan fingerprint density at radius 1 is 0.978 bits per heavy atom. The lowest BCUT2D eigenvalue weighted by atomic mass is 9.93. The highest BCUT2D eigenvalue weighted by Gasteiger charge is 2.42. The molecule has 2 aromatic heterocycles. The Bertz CT molecular complexity index is 1510. The minimum atomic E-state index is -4.25. The molecule has 3 fully saturated rings. The summed E-state index contributed by atoms with van der Waals surface area (Å²) >= 11 is 0. The average Bonchev–Trinajstić information content (AvgIpc) is 3.39. The Labute approximate surface area is 266 Å². The largest absolute Gasteiger partial charge is 0.370 e. The van der Waals surface area contributed by atoms with E-state index in [4.69, 9.17) is 9.72 Å². The van der Waals surface area contributed by atoms with Crippen LogP contribution in [0.5, 0.6) is 0 Å². The van der Waals surface area contributed by atoms with Gasteiger partial charge in [0, 0.05) is 38.2 Å². The van der Waals surface area contributed by atoms with Crippen LogP contribution in [0.3, 0.4) is 0 Å². The van der Waals surface area contributed by atoms with Crippen molar-refractivity contribution >= 4 is 39.3 Å². The number of sulfonamides is 1. The highest BCUT2D eigenvalue weighted by Crippen LogP contribution is 2.40. The summed E-state index contributed by atoms with van der Waals surface area (Å²) in [7, 11) is -4.25. The Hall–Kier alpha value is -3.25. The summed E-state index contributed by atoms with van der Waals surface area (Å²) < 4.78 is 34.8. The van der Waals surface area contributed by atoms with Crippen molar-refractivity contribution in [1.82, 2.24) is 14.7 Å². The zero-order valence-electron chi connectivity index (χ0n) is 26.5. The van der Waals surface area contributed by atoms with E-state index < -0.39 is 22.0 Å². The first-order valence-electron chi connectivity index (χ1n) is 16.6. The molecule has 4 bridgehead atoms. The fourth-order valence-corrected chi connectivity index (χ4v) is 8.42. The molecular weight excluding hydrogens is 592 g/mol. The molecule has 2 aromatic rings. The number of hydrogen-bond donors (Lipinski definition) is 2. The molecule has 5 heterocycles. The number of ether oxygens (including phenoxy) is 1. The van der Waals surface area contributed by atoms with E-state index in [9.17, 15) is 18.0 Å². The topological polar surface area (TPSA) is 134 Å². The van der Waals surface area contributed by atoms with Crippen LogP contribution in [0.2, 0.25) is 0 Å². The van der Waals surface area contributed by atoms with Crippen LogP contribution >= 0.6 is 0 Å². The van der Waals surface area contributed by atoms with E-state index in [0.29, 0.717) is 62.0 Å². The number of fused-ring (bicyclic) bond motifs is 6. The lowest BCUT2D eigenvalue weighted by Crippen LogP contribution is -2.41. The smallest absolute Gasteiger partial charge is 0.281 e. The van der Waals surface area contributed by atoms with Crippen LogP contribution in [0, 0.1) is 11.8 Å². The lowest BCUT2D eigenvalue weighted by Gasteiger charge is -2.34. The number of pyridine rings is 2. The van der Waals surface area contributed by atoms with Crippen molar-refractivity contribution in [3.05, 3.63) is 35.9 Å². The Balaban J connectivity index is 1.25. The monoisotopic (exact) mass is 638 g/mol. The lowest BCUT2D eigenvalue weighted by molar-refractivity contribution is -0.127. The first kappa shape index (κ1) is 31.7. The number of carbonyl (C=O) groups is 2. The van der Waals surface area contributed by atoms with E-state index in [2.05, 4.69) is 33.8 Å². The number of nitrogens with one attached hydrogen (secondary N) is 2. The molecule has 1 saturated carbocycles. The molecule has 0 spiro atoms. The van der Waals surface area contributed by atoms with Crippen molar-refractivity contribution < 1.29 is 22.7 Å². The van der Waals surface area contributed by atoms with Crippen LogP contribution in [-0.4, -0.2) is 68.1 Å². The van der Waals surface area contributed by atoms with Crippen LogP contribution in [0.1, 0.15) is 94.8 Å². The molecule has 0 radical (unpaired) electrons. The maximum absolute atomic E-state index is 13.7. The Kier molecular flexibility index (Phi) is 9.33. The zero-order chi connectivity index (χ0) is 31.6. The van der Waals surface area contributed by atoms with Gasteiger partial charge in [-0.3, -0.25) is 14.5 Å². The quantitative estimate of drug-likeness (QED) is 0.439. The maximum atomic E-state index is 13.7.